The van der Waals surface area contributed by atoms with Crippen molar-refractivity contribution in [2.45, 2.75) is 13.0 Å². The van der Waals surface area contributed by atoms with E-state index in [1.54, 1.807) is 6.07 Å². The van der Waals surface area contributed by atoms with Crippen molar-refractivity contribution < 1.29 is 19.2 Å². The summed E-state index contributed by atoms with van der Waals surface area (Å²) >= 11 is 0. The number of rotatable bonds is 5. The highest BCUT2D eigenvalue weighted by Crippen LogP contribution is 2.26. The van der Waals surface area contributed by atoms with Gasteiger partial charge in [-0.1, -0.05) is 0 Å². The molecule has 1 N–H and O–H groups in total. The maximum absolute atomic E-state index is 11.2. The molecule has 1 aromatic carbocycles. The summed E-state index contributed by atoms with van der Waals surface area (Å²) in [5, 5.41) is 13.9. The van der Waals surface area contributed by atoms with Gasteiger partial charge >= 0.3 is 0 Å². The first-order valence-corrected chi connectivity index (χ1v) is 5.80. The lowest BCUT2D eigenvalue weighted by Crippen LogP contribution is -2.21. The van der Waals surface area contributed by atoms with Gasteiger partial charge in [-0.3, -0.25) is 14.9 Å². The summed E-state index contributed by atoms with van der Waals surface area (Å²) < 4.78 is 10.3. The number of hydrogen-bond donors (Lipinski definition) is 1. The number of nitrogens with zero attached hydrogens (tertiary/aromatic N) is 1. The van der Waals surface area contributed by atoms with E-state index in [2.05, 4.69) is 5.32 Å². The fraction of sp³-hybridized carbons (Fsp3) is 0.417. The Morgan fingerprint density at radius 1 is 1.58 bits per heavy atom. The fourth-order valence-corrected chi connectivity index (χ4v) is 1.76. The third kappa shape index (κ3) is 3.27. The van der Waals surface area contributed by atoms with Crippen molar-refractivity contribution in [3.8, 4) is 0 Å². The molecule has 0 aromatic heterocycles. The minimum Gasteiger partial charge on any atom is -0.377 e. The molecular weight excluding hydrogens is 252 g/mol. The number of anilines is 1. The molecule has 0 spiro atoms. The van der Waals surface area contributed by atoms with E-state index in [0.29, 0.717) is 24.4 Å². The molecule has 1 fully saturated rings. The molecule has 2 rings (SSSR count). The second kappa shape index (κ2) is 5.77. The van der Waals surface area contributed by atoms with Gasteiger partial charge in [-0.2, -0.15) is 0 Å². The lowest BCUT2D eigenvalue weighted by atomic mass is 10.1. The molecule has 0 bridgehead atoms. The van der Waals surface area contributed by atoms with Crippen LogP contribution < -0.4 is 5.32 Å². The Hall–Kier alpha value is -1.99. The number of carbonyl (C=O) groups excluding carboxylic acids is 1. The van der Waals surface area contributed by atoms with Crippen molar-refractivity contribution in [2.75, 3.05) is 25.3 Å². The van der Waals surface area contributed by atoms with Crippen LogP contribution in [0.5, 0.6) is 0 Å². The molecule has 1 heterocycles. The molecule has 0 unspecified atom stereocenters. The highest BCUT2D eigenvalue weighted by atomic mass is 16.7. The largest absolute Gasteiger partial charge is 0.377 e. The van der Waals surface area contributed by atoms with Gasteiger partial charge in [0.2, 0.25) is 0 Å². The smallest absolute Gasteiger partial charge is 0.293 e. The quantitative estimate of drug-likeness (QED) is 0.494. The minimum absolute atomic E-state index is 0.118. The number of ketones is 1. The maximum Gasteiger partial charge on any atom is 0.293 e. The Labute approximate surface area is 109 Å². The third-order valence-electron chi connectivity index (χ3n) is 2.81. The van der Waals surface area contributed by atoms with E-state index in [0.717, 1.165) is 0 Å². The average molecular weight is 266 g/mol. The van der Waals surface area contributed by atoms with Crippen molar-refractivity contribution in [1.29, 1.82) is 0 Å². The number of ether oxygens (including phenoxy) is 2. The minimum atomic E-state index is -0.513. The predicted molar refractivity (Wildman–Crippen MR) is 67.3 cm³/mol. The van der Waals surface area contributed by atoms with Crippen LogP contribution in [-0.4, -0.2) is 36.8 Å². The Morgan fingerprint density at radius 2 is 2.37 bits per heavy atom. The summed E-state index contributed by atoms with van der Waals surface area (Å²) in [5.74, 6) is -0.206. The van der Waals surface area contributed by atoms with E-state index in [4.69, 9.17) is 9.47 Å². The van der Waals surface area contributed by atoms with Crippen LogP contribution in [0.25, 0.3) is 0 Å². The van der Waals surface area contributed by atoms with Crippen molar-refractivity contribution >= 4 is 17.2 Å². The molecular formula is C12H14N2O5. The number of benzene rings is 1. The number of Topliss-reactive ketones (excluding diaryl/α,β-unsaturated/α-hetero) is 1. The van der Waals surface area contributed by atoms with E-state index in [9.17, 15) is 14.9 Å². The summed E-state index contributed by atoms with van der Waals surface area (Å²) in [7, 11) is 0. The molecule has 102 valence electrons. The zero-order valence-electron chi connectivity index (χ0n) is 10.4. The number of nitro benzene ring substituents is 1. The van der Waals surface area contributed by atoms with Gasteiger partial charge in [-0.15, -0.1) is 0 Å². The Morgan fingerprint density at radius 3 is 2.95 bits per heavy atom. The first-order valence-electron chi connectivity index (χ1n) is 5.80. The molecule has 1 aromatic rings. The maximum atomic E-state index is 11.2. The first-order chi connectivity index (χ1) is 9.08. The molecule has 1 atom stereocenters. The van der Waals surface area contributed by atoms with Crippen molar-refractivity contribution in [3.63, 3.8) is 0 Å². The van der Waals surface area contributed by atoms with Gasteiger partial charge in [-0.05, 0) is 19.1 Å². The van der Waals surface area contributed by atoms with Crippen LogP contribution in [0.2, 0.25) is 0 Å². The molecule has 7 nitrogen and oxygen atoms in total. The lowest BCUT2D eigenvalue weighted by Gasteiger charge is -2.11. The Bertz CT molecular complexity index is 497. The molecule has 0 aliphatic carbocycles. The normalized spacial score (nSPS) is 18.3. The summed E-state index contributed by atoms with van der Waals surface area (Å²) in [6.07, 6.45) is -0.118. The predicted octanol–water partition coefficient (Wildman–Crippen LogP) is 1.58. The Kier molecular flexibility index (Phi) is 4.08. The van der Waals surface area contributed by atoms with Crippen LogP contribution in [0.1, 0.15) is 17.3 Å². The van der Waals surface area contributed by atoms with Crippen molar-refractivity contribution in [3.05, 3.63) is 33.9 Å². The zero-order valence-corrected chi connectivity index (χ0v) is 10.4. The number of carbonyl (C=O) groups is 1. The average Bonchev–Trinajstić information content (AvgIpc) is 2.89. The topological polar surface area (TPSA) is 90.7 Å². The van der Waals surface area contributed by atoms with E-state index in [1.807, 2.05) is 0 Å². The Balaban J connectivity index is 2.14. The van der Waals surface area contributed by atoms with E-state index >= 15 is 0 Å². The van der Waals surface area contributed by atoms with E-state index < -0.39 is 4.92 Å². The summed E-state index contributed by atoms with van der Waals surface area (Å²) in [6, 6.07) is 4.37. The monoisotopic (exact) mass is 266 g/mol. The second-order valence-corrected chi connectivity index (χ2v) is 4.20. The molecule has 0 saturated carbocycles. The van der Waals surface area contributed by atoms with Gasteiger partial charge in [0, 0.05) is 18.2 Å². The van der Waals surface area contributed by atoms with Gasteiger partial charge < -0.3 is 14.8 Å². The molecule has 19 heavy (non-hydrogen) atoms. The molecule has 1 aliphatic rings. The summed E-state index contributed by atoms with van der Waals surface area (Å²) in [6.45, 7) is 2.50. The van der Waals surface area contributed by atoms with Gasteiger partial charge in [0.25, 0.3) is 5.69 Å². The SMILES string of the molecule is CC(=O)c1ccc(NC[C@@H]2COCO2)c([N+](=O)[O-])c1. The molecule has 7 heteroatoms. The van der Waals surface area contributed by atoms with Crippen LogP contribution in [-0.2, 0) is 9.47 Å². The summed E-state index contributed by atoms with van der Waals surface area (Å²) in [5.41, 5.74) is 0.565. The molecule has 0 amide bonds. The van der Waals surface area contributed by atoms with Crippen LogP contribution in [0.15, 0.2) is 18.2 Å². The number of nitro groups is 1. The van der Waals surface area contributed by atoms with Gasteiger partial charge in [0.05, 0.1) is 11.5 Å². The number of hydrogen-bond acceptors (Lipinski definition) is 6. The van der Waals surface area contributed by atoms with E-state index in [-0.39, 0.29) is 24.4 Å². The number of nitrogens with one attached hydrogen (secondary N) is 1. The van der Waals surface area contributed by atoms with Crippen LogP contribution in [0, 0.1) is 10.1 Å². The first kappa shape index (κ1) is 13.4. The molecule has 1 aliphatic heterocycles. The van der Waals surface area contributed by atoms with Gasteiger partial charge in [0.15, 0.2) is 5.78 Å². The highest BCUT2D eigenvalue weighted by molar-refractivity contribution is 5.95. The third-order valence-corrected chi connectivity index (χ3v) is 2.81. The summed E-state index contributed by atoms with van der Waals surface area (Å²) in [4.78, 5) is 21.7. The zero-order chi connectivity index (χ0) is 13.8. The highest BCUT2D eigenvalue weighted by Gasteiger charge is 2.19. The lowest BCUT2D eigenvalue weighted by molar-refractivity contribution is -0.384. The van der Waals surface area contributed by atoms with E-state index in [1.165, 1.54) is 19.1 Å². The second-order valence-electron chi connectivity index (χ2n) is 4.20. The van der Waals surface area contributed by atoms with Crippen LogP contribution in [0.3, 0.4) is 0 Å². The van der Waals surface area contributed by atoms with Crippen molar-refractivity contribution in [2.24, 2.45) is 0 Å². The van der Waals surface area contributed by atoms with Crippen molar-refractivity contribution in [1.82, 2.24) is 0 Å². The fourth-order valence-electron chi connectivity index (χ4n) is 1.76. The molecule has 0 radical (unpaired) electrons. The van der Waals surface area contributed by atoms with Crippen LogP contribution >= 0.6 is 0 Å². The van der Waals surface area contributed by atoms with Gasteiger partial charge in [0.1, 0.15) is 18.6 Å². The van der Waals surface area contributed by atoms with Gasteiger partial charge in [-0.25, -0.2) is 0 Å². The molecule has 1 saturated heterocycles. The standard InChI is InChI=1S/C12H14N2O5/c1-8(15)9-2-3-11(12(4-9)14(16)17)13-5-10-6-18-7-19-10/h2-4,10,13H,5-7H2,1H3/t10-/m1/s1. The van der Waals surface area contributed by atoms with Crippen LogP contribution in [0.4, 0.5) is 11.4 Å².